The van der Waals surface area contributed by atoms with Crippen LogP contribution in [-0.4, -0.2) is 6.54 Å². The molecule has 2 aromatic carbocycles. The molecular weight excluding hydrogens is 378 g/mol. The molecule has 1 N–H and O–H groups in total. The minimum atomic E-state index is -1.43. The van der Waals surface area contributed by atoms with Crippen LogP contribution in [0.4, 0.5) is 13.2 Å². The lowest BCUT2D eigenvalue weighted by Gasteiger charge is -2.20. The number of rotatable bonds is 4. The van der Waals surface area contributed by atoms with Gasteiger partial charge in [-0.15, -0.1) is 0 Å². The van der Waals surface area contributed by atoms with Gasteiger partial charge in [-0.1, -0.05) is 25.1 Å². The Balaban J connectivity index is 2.48. The molecule has 106 valence electrons. The van der Waals surface area contributed by atoms with Crippen LogP contribution < -0.4 is 5.32 Å². The molecule has 1 nitrogen and oxygen atoms in total. The predicted molar refractivity (Wildman–Crippen MR) is 81.0 cm³/mol. The molecule has 2 aromatic rings. The predicted octanol–water partition coefficient (Wildman–Crippen LogP) is 4.41. The Morgan fingerprint density at radius 3 is 2.25 bits per heavy atom. The van der Waals surface area contributed by atoms with E-state index in [1.165, 1.54) is 6.07 Å². The molecule has 0 aliphatic carbocycles. The normalized spacial score (nSPS) is 12.4. The van der Waals surface area contributed by atoms with Crippen molar-refractivity contribution in [3.63, 3.8) is 0 Å². The molecule has 1 atom stereocenters. The van der Waals surface area contributed by atoms with Crippen LogP contribution in [0.1, 0.15) is 24.1 Å². The Morgan fingerprint density at radius 1 is 1.00 bits per heavy atom. The Kier molecular flexibility index (Phi) is 5.04. The molecule has 0 amide bonds. The van der Waals surface area contributed by atoms with E-state index in [0.717, 1.165) is 15.2 Å². The van der Waals surface area contributed by atoms with Crippen molar-refractivity contribution in [2.45, 2.75) is 13.0 Å². The van der Waals surface area contributed by atoms with E-state index < -0.39 is 23.5 Å². The van der Waals surface area contributed by atoms with E-state index in [-0.39, 0.29) is 5.56 Å². The lowest BCUT2D eigenvalue weighted by Crippen LogP contribution is -2.23. The van der Waals surface area contributed by atoms with Gasteiger partial charge in [0.15, 0.2) is 17.5 Å². The highest BCUT2D eigenvalue weighted by molar-refractivity contribution is 14.1. The molecule has 0 aliphatic heterocycles. The van der Waals surface area contributed by atoms with E-state index in [1.807, 2.05) is 31.2 Å². The topological polar surface area (TPSA) is 12.0 Å². The summed E-state index contributed by atoms with van der Waals surface area (Å²) in [5.74, 6) is -3.76. The van der Waals surface area contributed by atoms with E-state index in [2.05, 4.69) is 27.9 Å². The highest BCUT2D eigenvalue weighted by Gasteiger charge is 2.21. The monoisotopic (exact) mass is 391 g/mol. The van der Waals surface area contributed by atoms with Gasteiger partial charge in [-0.2, -0.15) is 0 Å². The van der Waals surface area contributed by atoms with Gasteiger partial charge in [0.25, 0.3) is 0 Å². The maximum absolute atomic E-state index is 13.9. The van der Waals surface area contributed by atoms with Crippen molar-refractivity contribution in [1.82, 2.24) is 5.32 Å². The lowest BCUT2D eigenvalue weighted by molar-refractivity contribution is 0.433. The molecular formula is C15H13F3IN. The lowest BCUT2D eigenvalue weighted by atomic mass is 9.98. The Bertz CT molecular complexity index is 599. The summed E-state index contributed by atoms with van der Waals surface area (Å²) < 4.78 is 41.4. The van der Waals surface area contributed by atoms with Crippen LogP contribution in [0.5, 0.6) is 0 Å². The van der Waals surface area contributed by atoms with E-state index in [9.17, 15) is 13.2 Å². The van der Waals surface area contributed by atoms with Gasteiger partial charge in [0, 0.05) is 9.13 Å². The maximum atomic E-state index is 13.9. The SMILES string of the molecule is CCNC(c1ccc(I)cc1)c1ccc(F)c(F)c1F. The summed E-state index contributed by atoms with van der Waals surface area (Å²) in [5.41, 5.74) is 0.907. The third-order valence-corrected chi connectivity index (χ3v) is 3.71. The van der Waals surface area contributed by atoms with E-state index in [0.29, 0.717) is 6.54 Å². The first-order chi connectivity index (χ1) is 9.54. The molecule has 0 fully saturated rings. The molecule has 0 aliphatic rings. The van der Waals surface area contributed by atoms with Crippen LogP contribution in [0.15, 0.2) is 36.4 Å². The quantitative estimate of drug-likeness (QED) is 0.602. The summed E-state index contributed by atoms with van der Waals surface area (Å²) in [7, 11) is 0. The zero-order chi connectivity index (χ0) is 14.7. The molecule has 0 saturated carbocycles. The first-order valence-corrected chi connectivity index (χ1v) is 7.24. The van der Waals surface area contributed by atoms with E-state index in [4.69, 9.17) is 0 Å². The minimum Gasteiger partial charge on any atom is -0.306 e. The van der Waals surface area contributed by atoms with Gasteiger partial charge in [-0.05, 0) is 52.9 Å². The van der Waals surface area contributed by atoms with Crippen molar-refractivity contribution in [2.75, 3.05) is 6.54 Å². The second-order valence-corrected chi connectivity index (χ2v) is 5.55. The molecule has 0 saturated heterocycles. The smallest absolute Gasteiger partial charge is 0.194 e. The second-order valence-electron chi connectivity index (χ2n) is 4.31. The van der Waals surface area contributed by atoms with Gasteiger partial charge in [-0.25, -0.2) is 13.2 Å². The number of hydrogen-bond donors (Lipinski definition) is 1. The van der Waals surface area contributed by atoms with Crippen LogP contribution in [0.3, 0.4) is 0 Å². The van der Waals surface area contributed by atoms with Crippen molar-refractivity contribution < 1.29 is 13.2 Å². The molecule has 0 heterocycles. The molecule has 2 rings (SSSR count). The van der Waals surface area contributed by atoms with Gasteiger partial charge >= 0.3 is 0 Å². The summed E-state index contributed by atoms with van der Waals surface area (Å²) in [6, 6.07) is 9.18. The van der Waals surface area contributed by atoms with Gasteiger partial charge in [-0.3, -0.25) is 0 Å². The highest BCUT2D eigenvalue weighted by Crippen LogP contribution is 2.27. The fourth-order valence-corrected chi connectivity index (χ4v) is 2.39. The molecule has 0 spiro atoms. The fraction of sp³-hybridized carbons (Fsp3) is 0.200. The first-order valence-electron chi connectivity index (χ1n) is 6.16. The third kappa shape index (κ3) is 3.15. The Labute approximate surface area is 129 Å². The summed E-state index contributed by atoms with van der Waals surface area (Å²) in [6.07, 6.45) is 0. The van der Waals surface area contributed by atoms with Gasteiger partial charge in [0.1, 0.15) is 0 Å². The largest absolute Gasteiger partial charge is 0.306 e. The van der Waals surface area contributed by atoms with E-state index in [1.54, 1.807) is 0 Å². The maximum Gasteiger partial charge on any atom is 0.194 e. The fourth-order valence-electron chi connectivity index (χ4n) is 2.03. The van der Waals surface area contributed by atoms with Crippen LogP contribution >= 0.6 is 22.6 Å². The summed E-state index contributed by atoms with van der Waals surface area (Å²) in [6.45, 7) is 2.45. The first kappa shape index (κ1) is 15.3. The van der Waals surface area contributed by atoms with E-state index >= 15 is 0 Å². The molecule has 20 heavy (non-hydrogen) atoms. The average molecular weight is 391 g/mol. The van der Waals surface area contributed by atoms with Crippen LogP contribution in [-0.2, 0) is 0 Å². The minimum absolute atomic E-state index is 0.104. The number of halogens is 4. The Hall–Kier alpha value is -1.08. The molecule has 0 radical (unpaired) electrons. The van der Waals surface area contributed by atoms with Crippen LogP contribution in [0.25, 0.3) is 0 Å². The average Bonchev–Trinajstić information content (AvgIpc) is 2.44. The van der Waals surface area contributed by atoms with Crippen molar-refractivity contribution >= 4 is 22.6 Å². The second kappa shape index (κ2) is 6.58. The number of benzene rings is 2. The summed E-state index contributed by atoms with van der Waals surface area (Å²) >= 11 is 2.17. The van der Waals surface area contributed by atoms with Gasteiger partial charge in [0.2, 0.25) is 0 Å². The van der Waals surface area contributed by atoms with Crippen LogP contribution in [0, 0.1) is 21.0 Å². The van der Waals surface area contributed by atoms with Crippen LogP contribution in [0.2, 0.25) is 0 Å². The number of hydrogen-bond acceptors (Lipinski definition) is 1. The third-order valence-electron chi connectivity index (χ3n) is 2.99. The Morgan fingerprint density at radius 2 is 1.65 bits per heavy atom. The van der Waals surface area contributed by atoms with Gasteiger partial charge in [0.05, 0.1) is 6.04 Å². The number of nitrogens with one attached hydrogen (secondary N) is 1. The van der Waals surface area contributed by atoms with Crippen molar-refractivity contribution in [3.05, 3.63) is 68.5 Å². The molecule has 0 aromatic heterocycles. The van der Waals surface area contributed by atoms with Gasteiger partial charge < -0.3 is 5.32 Å². The van der Waals surface area contributed by atoms with Crippen molar-refractivity contribution in [3.8, 4) is 0 Å². The zero-order valence-electron chi connectivity index (χ0n) is 10.8. The standard InChI is InChI=1S/C15H13F3IN/c1-2-20-15(9-3-5-10(19)6-4-9)11-7-8-12(16)14(18)13(11)17/h3-8,15,20H,2H2,1H3. The van der Waals surface area contributed by atoms with Crippen molar-refractivity contribution in [2.24, 2.45) is 0 Å². The summed E-state index contributed by atoms with van der Waals surface area (Å²) in [5, 5.41) is 3.09. The molecule has 1 unspecified atom stereocenters. The highest BCUT2D eigenvalue weighted by atomic mass is 127. The molecule has 5 heteroatoms. The zero-order valence-corrected chi connectivity index (χ0v) is 12.9. The molecule has 0 bridgehead atoms. The van der Waals surface area contributed by atoms with Crippen molar-refractivity contribution in [1.29, 1.82) is 0 Å². The summed E-state index contributed by atoms with van der Waals surface area (Å²) in [4.78, 5) is 0.